The van der Waals surface area contributed by atoms with Gasteiger partial charge < -0.3 is 10.0 Å². The van der Waals surface area contributed by atoms with Crippen molar-refractivity contribution in [1.29, 1.82) is 0 Å². The van der Waals surface area contributed by atoms with E-state index >= 15 is 0 Å². The van der Waals surface area contributed by atoms with E-state index in [9.17, 15) is 9.59 Å². The lowest BCUT2D eigenvalue weighted by atomic mass is 9.86. The summed E-state index contributed by atoms with van der Waals surface area (Å²) in [6.07, 6.45) is 2.41. The summed E-state index contributed by atoms with van der Waals surface area (Å²) in [6, 6.07) is 0.446. The molecule has 5 nitrogen and oxygen atoms in total. The molecule has 21 heavy (non-hydrogen) atoms. The molecule has 3 atom stereocenters. The molecule has 0 radical (unpaired) electrons. The van der Waals surface area contributed by atoms with Gasteiger partial charge in [-0.15, -0.1) is 0 Å². The molecule has 3 unspecified atom stereocenters. The van der Waals surface area contributed by atoms with Gasteiger partial charge in [-0.3, -0.25) is 14.5 Å². The Morgan fingerprint density at radius 2 is 1.76 bits per heavy atom. The van der Waals surface area contributed by atoms with Crippen LogP contribution >= 0.6 is 0 Å². The van der Waals surface area contributed by atoms with Gasteiger partial charge in [0, 0.05) is 25.7 Å². The highest BCUT2D eigenvalue weighted by Gasteiger charge is 2.32. The van der Waals surface area contributed by atoms with E-state index in [0.717, 1.165) is 6.54 Å². The van der Waals surface area contributed by atoms with Gasteiger partial charge in [0.2, 0.25) is 5.91 Å². The topological polar surface area (TPSA) is 60.9 Å². The minimum absolute atomic E-state index is 0.159. The molecule has 2 heterocycles. The molecule has 2 aliphatic heterocycles. The van der Waals surface area contributed by atoms with Crippen LogP contribution in [0.2, 0.25) is 0 Å². The number of aliphatic carboxylic acids is 1. The summed E-state index contributed by atoms with van der Waals surface area (Å²) in [4.78, 5) is 27.5. The molecule has 2 aliphatic rings. The van der Waals surface area contributed by atoms with Gasteiger partial charge >= 0.3 is 5.97 Å². The third-order valence-electron chi connectivity index (χ3n) is 5.26. The predicted molar refractivity (Wildman–Crippen MR) is 80.9 cm³/mol. The van der Waals surface area contributed by atoms with Crippen molar-refractivity contribution >= 4 is 11.9 Å². The minimum atomic E-state index is -0.727. The van der Waals surface area contributed by atoms with Crippen molar-refractivity contribution in [1.82, 2.24) is 9.80 Å². The maximum Gasteiger partial charge on any atom is 0.306 e. The number of piperidine rings is 2. The van der Waals surface area contributed by atoms with E-state index in [0.29, 0.717) is 50.4 Å². The molecule has 0 bridgehead atoms. The van der Waals surface area contributed by atoms with Crippen LogP contribution in [0.3, 0.4) is 0 Å². The van der Waals surface area contributed by atoms with Crippen molar-refractivity contribution in [3.63, 3.8) is 0 Å². The first-order chi connectivity index (χ1) is 9.88. The highest BCUT2D eigenvalue weighted by atomic mass is 16.4. The third kappa shape index (κ3) is 3.96. The van der Waals surface area contributed by atoms with Crippen LogP contribution in [0.25, 0.3) is 0 Å². The lowest BCUT2D eigenvalue weighted by Crippen LogP contribution is -2.51. The zero-order chi connectivity index (χ0) is 15.6. The van der Waals surface area contributed by atoms with E-state index in [4.69, 9.17) is 5.11 Å². The largest absolute Gasteiger partial charge is 0.481 e. The number of likely N-dealkylation sites (tertiary alicyclic amines) is 2. The number of hydrogen-bond donors (Lipinski definition) is 1. The molecule has 1 amide bonds. The van der Waals surface area contributed by atoms with Crippen LogP contribution in [-0.2, 0) is 9.59 Å². The van der Waals surface area contributed by atoms with E-state index in [-0.39, 0.29) is 11.8 Å². The fraction of sp³-hybridized carbons (Fsp3) is 0.875. The van der Waals surface area contributed by atoms with Gasteiger partial charge in [0.1, 0.15) is 0 Å². The van der Waals surface area contributed by atoms with Crippen LogP contribution < -0.4 is 0 Å². The van der Waals surface area contributed by atoms with Crippen molar-refractivity contribution in [3.8, 4) is 0 Å². The number of carboxylic acid groups (broad SMARTS) is 1. The lowest BCUT2D eigenvalue weighted by Gasteiger charge is -2.41. The zero-order valence-electron chi connectivity index (χ0n) is 13.4. The molecule has 1 N–H and O–H groups in total. The zero-order valence-corrected chi connectivity index (χ0v) is 13.4. The number of nitrogens with zero attached hydrogens (tertiary/aromatic N) is 2. The summed E-state index contributed by atoms with van der Waals surface area (Å²) in [7, 11) is 0. The lowest BCUT2D eigenvalue weighted by molar-refractivity contribution is -0.146. The molecule has 0 aromatic rings. The molecule has 2 fully saturated rings. The van der Waals surface area contributed by atoms with E-state index in [2.05, 4.69) is 25.7 Å². The number of rotatable bonds is 3. The number of hydrogen-bond acceptors (Lipinski definition) is 3. The van der Waals surface area contributed by atoms with Crippen molar-refractivity contribution < 1.29 is 14.7 Å². The van der Waals surface area contributed by atoms with Gasteiger partial charge in [-0.2, -0.15) is 0 Å². The number of carbonyl (C=O) groups is 2. The average Bonchev–Trinajstić information content (AvgIpc) is 2.44. The first-order valence-electron chi connectivity index (χ1n) is 8.13. The molecule has 0 spiro atoms. The predicted octanol–water partition coefficient (Wildman–Crippen LogP) is 1.68. The van der Waals surface area contributed by atoms with E-state index in [1.54, 1.807) is 0 Å². The first-order valence-corrected chi connectivity index (χ1v) is 8.13. The van der Waals surface area contributed by atoms with Crippen molar-refractivity contribution in [2.75, 3.05) is 26.2 Å². The van der Waals surface area contributed by atoms with Crippen molar-refractivity contribution in [2.24, 2.45) is 17.8 Å². The highest BCUT2D eigenvalue weighted by molar-refractivity contribution is 5.79. The van der Waals surface area contributed by atoms with Gasteiger partial charge in [-0.05, 0) is 38.0 Å². The molecule has 0 saturated carbocycles. The molecule has 5 heteroatoms. The summed E-state index contributed by atoms with van der Waals surface area (Å²) in [5.41, 5.74) is 0. The second-order valence-corrected chi connectivity index (χ2v) is 6.98. The van der Waals surface area contributed by atoms with Crippen LogP contribution in [0.4, 0.5) is 0 Å². The Bertz CT molecular complexity index is 391. The molecule has 2 saturated heterocycles. The second kappa shape index (κ2) is 6.77. The normalized spacial score (nSPS) is 32.1. The highest BCUT2D eigenvalue weighted by Crippen LogP contribution is 2.27. The van der Waals surface area contributed by atoms with Crippen LogP contribution in [0.15, 0.2) is 0 Å². The Morgan fingerprint density at radius 3 is 2.33 bits per heavy atom. The third-order valence-corrected chi connectivity index (χ3v) is 5.26. The monoisotopic (exact) mass is 296 g/mol. The van der Waals surface area contributed by atoms with E-state index < -0.39 is 5.97 Å². The van der Waals surface area contributed by atoms with Gasteiger partial charge in [-0.1, -0.05) is 13.8 Å². The summed E-state index contributed by atoms with van der Waals surface area (Å²) in [6.45, 7) is 9.36. The molecule has 120 valence electrons. The van der Waals surface area contributed by atoms with Gasteiger partial charge in [-0.25, -0.2) is 0 Å². The van der Waals surface area contributed by atoms with Crippen LogP contribution in [0.5, 0.6) is 0 Å². The van der Waals surface area contributed by atoms with Crippen molar-refractivity contribution in [3.05, 3.63) is 0 Å². The maximum absolute atomic E-state index is 12.4. The fourth-order valence-electron chi connectivity index (χ4n) is 3.69. The molecular formula is C16H28N2O3. The maximum atomic E-state index is 12.4. The minimum Gasteiger partial charge on any atom is -0.481 e. The quantitative estimate of drug-likeness (QED) is 0.860. The molecule has 0 aliphatic carbocycles. The Kier molecular flexibility index (Phi) is 5.25. The number of carbonyl (C=O) groups excluding carboxylic acids is 1. The Balaban J connectivity index is 1.85. The molecule has 0 aromatic heterocycles. The summed E-state index contributed by atoms with van der Waals surface area (Å²) in [5.74, 6) is 0.422. The van der Waals surface area contributed by atoms with Crippen molar-refractivity contribution in [2.45, 2.75) is 46.1 Å². The molecule has 0 aromatic carbocycles. The van der Waals surface area contributed by atoms with Crippen LogP contribution in [0.1, 0.15) is 40.0 Å². The Labute approximate surface area is 127 Å². The van der Waals surface area contributed by atoms with Gasteiger partial charge in [0.15, 0.2) is 0 Å². The second-order valence-electron chi connectivity index (χ2n) is 6.98. The Hall–Kier alpha value is -1.10. The number of amides is 1. The number of carboxylic acids is 1. The first kappa shape index (κ1) is 16.3. The van der Waals surface area contributed by atoms with Crippen LogP contribution in [-0.4, -0.2) is 59.0 Å². The standard InChI is InChI=1S/C16H28N2O3/c1-11-8-12(2)13(3)18(9-11)10-15(19)17-6-4-14(5-7-17)16(20)21/h11-14H,4-10H2,1-3H3,(H,20,21). The van der Waals surface area contributed by atoms with Crippen LogP contribution in [0, 0.1) is 17.8 Å². The molecule has 2 rings (SSSR count). The summed E-state index contributed by atoms with van der Waals surface area (Å²) >= 11 is 0. The van der Waals surface area contributed by atoms with E-state index in [1.807, 2.05) is 4.90 Å². The summed E-state index contributed by atoms with van der Waals surface area (Å²) < 4.78 is 0. The smallest absolute Gasteiger partial charge is 0.306 e. The SMILES string of the molecule is CC1CC(C)C(C)N(CC(=O)N2CCC(C(=O)O)CC2)C1. The summed E-state index contributed by atoms with van der Waals surface area (Å²) in [5, 5.41) is 9.01. The average molecular weight is 296 g/mol. The Morgan fingerprint density at radius 1 is 1.14 bits per heavy atom. The fourth-order valence-corrected chi connectivity index (χ4v) is 3.69. The van der Waals surface area contributed by atoms with Gasteiger partial charge in [0.05, 0.1) is 12.5 Å². The van der Waals surface area contributed by atoms with E-state index in [1.165, 1.54) is 6.42 Å². The molecular weight excluding hydrogens is 268 g/mol. The van der Waals surface area contributed by atoms with Gasteiger partial charge in [0.25, 0.3) is 0 Å².